The van der Waals surface area contributed by atoms with Crippen LogP contribution in [-0.4, -0.2) is 16.2 Å². The molecule has 1 aromatic heterocycles. The van der Waals surface area contributed by atoms with E-state index < -0.39 is 6.61 Å². The number of fused-ring (bicyclic) bond motifs is 1. The van der Waals surface area contributed by atoms with Crippen molar-refractivity contribution in [3.8, 4) is 17.0 Å². The third-order valence-electron chi connectivity index (χ3n) is 3.84. The van der Waals surface area contributed by atoms with Gasteiger partial charge in [-0.2, -0.15) is 8.78 Å². The van der Waals surface area contributed by atoms with Crippen LogP contribution >= 0.6 is 0 Å². The Kier molecular flexibility index (Phi) is 3.53. The molecule has 1 aromatic carbocycles. The second kappa shape index (κ2) is 5.35. The monoisotopic (exact) mass is 293 g/mol. The van der Waals surface area contributed by atoms with Crippen molar-refractivity contribution in [1.29, 1.82) is 0 Å². The van der Waals surface area contributed by atoms with Gasteiger partial charge in [0.05, 0.1) is 0 Å². The molecule has 1 aliphatic heterocycles. The third-order valence-corrected chi connectivity index (χ3v) is 3.84. The molecular formula is C15H17F2N3O. The van der Waals surface area contributed by atoms with Crippen molar-refractivity contribution in [2.24, 2.45) is 0 Å². The van der Waals surface area contributed by atoms with Gasteiger partial charge in [-0.25, -0.2) is 4.98 Å². The summed E-state index contributed by atoms with van der Waals surface area (Å²) in [5, 5.41) is 0. The summed E-state index contributed by atoms with van der Waals surface area (Å²) in [5.41, 5.74) is 7.73. The van der Waals surface area contributed by atoms with Crippen LogP contribution in [0.2, 0.25) is 0 Å². The maximum atomic E-state index is 12.1. The van der Waals surface area contributed by atoms with Crippen molar-refractivity contribution in [2.45, 2.75) is 38.8 Å². The van der Waals surface area contributed by atoms with Crippen LogP contribution in [0.25, 0.3) is 11.3 Å². The molecule has 0 amide bonds. The molecule has 1 unspecified atom stereocenters. The van der Waals surface area contributed by atoms with Crippen molar-refractivity contribution in [2.75, 3.05) is 5.73 Å². The van der Waals surface area contributed by atoms with E-state index in [2.05, 4.69) is 21.2 Å². The number of anilines is 1. The number of nitrogen functional groups attached to an aromatic ring is 1. The van der Waals surface area contributed by atoms with E-state index in [0.717, 1.165) is 30.7 Å². The molecule has 0 aliphatic carbocycles. The van der Waals surface area contributed by atoms with E-state index in [1.807, 2.05) is 0 Å². The molecule has 0 radical (unpaired) electrons. The minimum Gasteiger partial charge on any atom is -0.435 e. The number of halogens is 2. The van der Waals surface area contributed by atoms with Gasteiger partial charge in [0.1, 0.15) is 23.1 Å². The van der Waals surface area contributed by atoms with Gasteiger partial charge in [-0.1, -0.05) is 0 Å². The average molecular weight is 293 g/mol. The van der Waals surface area contributed by atoms with E-state index in [-0.39, 0.29) is 5.75 Å². The second-order valence-corrected chi connectivity index (χ2v) is 5.28. The lowest BCUT2D eigenvalue weighted by Gasteiger charge is -2.22. The highest BCUT2D eigenvalue weighted by Crippen LogP contribution is 2.34. The molecular weight excluding hydrogens is 276 g/mol. The molecule has 0 saturated carbocycles. The first-order valence-corrected chi connectivity index (χ1v) is 6.98. The summed E-state index contributed by atoms with van der Waals surface area (Å²) in [4.78, 5) is 4.61. The predicted octanol–water partition coefficient (Wildman–Crippen LogP) is 3.63. The quantitative estimate of drug-likeness (QED) is 0.940. The molecule has 2 N–H and O–H groups in total. The molecule has 4 nitrogen and oxygen atoms in total. The molecule has 0 spiro atoms. The average Bonchev–Trinajstić information content (AvgIpc) is 2.78. The van der Waals surface area contributed by atoms with Gasteiger partial charge in [-0.15, -0.1) is 0 Å². The zero-order valence-corrected chi connectivity index (χ0v) is 11.7. The minimum atomic E-state index is -2.82. The predicted molar refractivity (Wildman–Crippen MR) is 76.4 cm³/mol. The van der Waals surface area contributed by atoms with Crippen molar-refractivity contribution < 1.29 is 13.5 Å². The van der Waals surface area contributed by atoms with Crippen molar-refractivity contribution >= 4 is 5.82 Å². The number of hydrogen-bond donors (Lipinski definition) is 1. The number of imidazole rings is 1. The van der Waals surface area contributed by atoms with Crippen LogP contribution in [0.15, 0.2) is 24.3 Å². The largest absolute Gasteiger partial charge is 0.435 e. The number of nitrogens with zero attached hydrogens (tertiary/aromatic N) is 2. The Bertz CT molecular complexity index is 637. The first kappa shape index (κ1) is 13.9. The van der Waals surface area contributed by atoms with Gasteiger partial charge in [-0.3, -0.25) is 0 Å². The summed E-state index contributed by atoms with van der Waals surface area (Å²) < 4.78 is 30.7. The summed E-state index contributed by atoms with van der Waals surface area (Å²) in [6.07, 6.45) is 3.12. The fraction of sp³-hybridized carbons (Fsp3) is 0.400. The number of hydrogen-bond acceptors (Lipinski definition) is 3. The standard InChI is InChI=1S/C15H17F2N3O/c1-9-3-2-4-12-19-13(14(18)20(9)12)10-5-7-11(8-6-10)21-15(16)17/h5-9,15H,2-4,18H2,1H3. The van der Waals surface area contributed by atoms with Crippen molar-refractivity contribution in [1.82, 2.24) is 9.55 Å². The van der Waals surface area contributed by atoms with Gasteiger partial charge >= 0.3 is 6.61 Å². The molecule has 0 saturated heterocycles. The molecule has 0 fully saturated rings. The van der Waals surface area contributed by atoms with Gasteiger partial charge in [-0.05, 0) is 44.0 Å². The zero-order valence-electron chi connectivity index (χ0n) is 11.7. The van der Waals surface area contributed by atoms with E-state index in [0.29, 0.717) is 17.6 Å². The number of aromatic nitrogens is 2. The maximum Gasteiger partial charge on any atom is 0.387 e. The van der Waals surface area contributed by atoms with E-state index in [1.54, 1.807) is 12.1 Å². The van der Waals surface area contributed by atoms with Crippen LogP contribution in [0, 0.1) is 0 Å². The van der Waals surface area contributed by atoms with E-state index in [9.17, 15) is 8.78 Å². The molecule has 3 rings (SSSR count). The summed E-state index contributed by atoms with van der Waals surface area (Å²) in [6, 6.07) is 6.75. The van der Waals surface area contributed by atoms with Gasteiger partial charge in [0.15, 0.2) is 0 Å². The van der Waals surface area contributed by atoms with Crippen LogP contribution in [0.4, 0.5) is 14.6 Å². The van der Waals surface area contributed by atoms with Crippen LogP contribution < -0.4 is 10.5 Å². The maximum absolute atomic E-state index is 12.1. The fourth-order valence-corrected chi connectivity index (χ4v) is 2.85. The molecule has 21 heavy (non-hydrogen) atoms. The zero-order chi connectivity index (χ0) is 15.0. The molecule has 0 bridgehead atoms. The van der Waals surface area contributed by atoms with E-state index in [1.165, 1.54) is 12.1 Å². The lowest BCUT2D eigenvalue weighted by molar-refractivity contribution is -0.0498. The Hall–Kier alpha value is -2.11. The SMILES string of the molecule is CC1CCCc2nc(-c3ccc(OC(F)F)cc3)c(N)n21. The highest BCUT2D eigenvalue weighted by Gasteiger charge is 2.23. The van der Waals surface area contributed by atoms with Crippen LogP contribution in [0.3, 0.4) is 0 Å². The normalized spacial score (nSPS) is 17.8. The smallest absolute Gasteiger partial charge is 0.387 e. The van der Waals surface area contributed by atoms with Crippen LogP contribution in [0.5, 0.6) is 5.75 Å². The molecule has 2 heterocycles. The lowest BCUT2D eigenvalue weighted by Crippen LogP contribution is -2.16. The topological polar surface area (TPSA) is 53.1 Å². The first-order chi connectivity index (χ1) is 10.1. The minimum absolute atomic E-state index is 0.129. The Labute approximate surface area is 121 Å². The molecule has 1 atom stereocenters. The van der Waals surface area contributed by atoms with Crippen molar-refractivity contribution in [3.63, 3.8) is 0 Å². The van der Waals surface area contributed by atoms with E-state index >= 15 is 0 Å². The summed E-state index contributed by atoms with van der Waals surface area (Å²) >= 11 is 0. The van der Waals surface area contributed by atoms with Crippen molar-refractivity contribution in [3.05, 3.63) is 30.1 Å². The van der Waals surface area contributed by atoms with E-state index in [4.69, 9.17) is 5.73 Å². The Morgan fingerprint density at radius 2 is 2.05 bits per heavy atom. The van der Waals surface area contributed by atoms with Crippen LogP contribution in [0.1, 0.15) is 31.6 Å². The molecule has 1 aliphatic rings. The van der Waals surface area contributed by atoms with Gasteiger partial charge in [0, 0.05) is 18.0 Å². The summed E-state index contributed by atoms with van der Waals surface area (Å²) in [5.74, 6) is 1.76. The number of ether oxygens (including phenoxy) is 1. The highest BCUT2D eigenvalue weighted by atomic mass is 19.3. The lowest BCUT2D eigenvalue weighted by atomic mass is 10.1. The molecule has 112 valence electrons. The first-order valence-electron chi connectivity index (χ1n) is 6.98. The highest BCUT2D eigenvalue weighted by molar-refractivity contribution is 5.71. The van der Waals surface area contributed by atoms with Gasteiger partial charge in [0.25, 0.3) is 0 Å². The molecule has 6 heteroatoms. The Morgan fingerprint density at radius 1 is 1.33 bits per heavy atom. The second-order valence-electron chi connectivity index (χ2n) is 5.28. The number of aryl methyl sites for hydroxylation is 1. The number of benzene rings is 1. The Morgan fingerprint density at radius 3 is 2.67 bits per heavy atom. The number of nitrogens with two attached hydrogens (primary N) is 1. The molecule has 2 aromatic rings. The summed E-state index contributed by atoms with van der Waals surface area (Å²) in [7, 11) is 0. The number of rotatable bonds is 3. The summed E-state index contributed by atoms with van der Waals surface area (Å²) in [6.45, 7) is -0.689. The van der Waals surface area contributed by atoms with Gasteiger partial charge < -0.3 is 15.0 Å². The van der Waals surface area contributed by atoms with Gasteiger partial charge in [0.2, 0.25) is 0 Å². The Balaban J connectivity index is 1.94. The fourth-order valence-electron chi connectivity index (χ4n) is 2.85. The number of alkyl halides is 2. The van der Waals surface area contributed by atoms with Crippen LogP contribution in [-0.2, 0) is 6.42 Å². The third kappa shape index (κ3) is 2.57.